The summed E-state index contributed by atoms with van der Waals surface area (Å²) in [4.78, 5) is 12.2. The van der Waals surface area contributed by atoms with Crippen LogP contribution in [0, 0.1) is 5.82 Å². The van der Waals surface area contributed by atoms with E-state index in [0.29, 0.717) is 23.3 Å². The first-order valence-electron chi connectivity index (χ1n) is 6.41. The highest BCUT2D eigenvalue weighted by Gasteiger charge is 2.09. The van der Waals surface area contributed by atoms with Crippen LogP contribution in [0.25, 0.3) is 11.0 Å². The van der Waals surface area contributed by atoms with Gasteiger partial charge in [0.15, 0.2) is 5.65 Å². The zero-order valence-electron chi connectivity index (χ0n) is 11.3. The maximum atomic E-state index is 13.4. The largest absolute Gasteiger partial charge is 0.381 e. The molecule has 0 radical (unpaired) electrons. The smallest absolute Gasteiger partial charge is 0.280 e. The number of rotatable bonds is 4. The van der Waals surface area contributed by atoms with E-state index >= 15 is 0 Å². The molecule has 7 nitrogen and oxygen atoms in total. The van der Waals surface area contributed by atoms with Gasteiger partial charge in [-0.2, -0.15) is 5.10 Å². The maximum Gasteiger partial charge on any atom is 0.280 e. The van der Waals surface area contributed by atoms with E-state index in [1.54, 1.807) is 25.2 Å². The van der Waals surface area contributed by atoms with Gasteiger partial charge in [-0.3, -0.25) is 4.79 Å². The Balaban J connectivity index is 1.75. The zero-order valence-corrected chi connectivity index (χ0v) is 11.3. The minimum atomic E-state index is -0.335. The van der Waals surface area contributed by atoms with E-state index in [4.69, 9.17) is 0 Å². The van der Waals surface area contributed by atoms with E-state index in [0.717, 1.165) is 0 Å². The van der Waals surface area contributed by atoms with Gasteiger partial charge >= 0.3 is 0 Å². The molecule has 0 aliphatic heterocycles. The van der Waals surface area contributed by atoms with Crippen LogP contribution in [0.2, 0.25) is 0 Å². The topological polar surface area (TPSA) is 77.6 Å². The van der Waals surface area contributed by atoms with Gasteiger partial charge in [0.1, 0.15) is 11.2 Å². The molecule has 108 valence electrons. The number of hydrogen-bond donors (Lipinski definition) is 1. The summed E-state index contributed by atoms with van der Waals surface area (Å²) in [6, 6.07) is 6.36. The lowest BCUT2D eigenvalue weighted by Crippen LogP contribution is -2.27. The van der Waals surface area contributed by atoms with Crippen molar-refractivity contribution in [2.75, 3.05) is 11.9 Å². The number of hydrogen-bond acceptors (Lipinski definition) is 5. The summed E-state index contributed by atoms with van der Waals surface area (Å²) in [5.41, 5.74) is 0.572. The Morgan fingerprint density at radius 2 is 2.14 bits per heavy atom. The molecule has 3 rings (SSSR count). The van der Waals surface area contributed by atoms with E-state index < -0.39 is 0 Å². The monoisotopic (exact) mass is 288 g/mol. The van der Waals surface area contributed by atoms with Gasteiger partial charge < -0.3 is 5.32 Å². The van der Waals surface area contributed by atoms with E-state index in [2.05, 4.69) is 20.7 Å². The van der Waals surface area contributed by atoms with E-state index in [-0.39, 0.29) is 17.9 Å². The molecular formula is C13H13FN6O. The third-order valence-electron chi connectivity index (χ3n) is 3.13. The normalized spacial score (nSPS) is 11.0. The number of fused-ring (bicyclic) bond motifs is 1. The SMILES string of the molecule is Cn1ncc2c(=O)n(CCNc3ccccc3F)nnc21. The van der Waals surface area contributed by atoms with Crippen molar-refractivity contribution >= 4 is 16.7 Å². The molecule has 8 heteroatoms. The van der Waals surface area contributed by atoms with Gasteiger partial charge in [0.05, 0.1) is 18.4 Å². The van der Waals surface area contributed by atoms with Crippen molar-refractivity contribution in [2.45, 2.75) is 6.54 Å². The highest BCUT2D eigenvalue weighted by molar-refractivity contribution is 5.72. The second kappa shape index (κ2) is 5.31. The molecule has 0 unspecified atom stereocenters. The van der Waals surface area contributed by atoms with Crippen LogP contribution in [0.3, 0.4) is 0 Å². The van der Waals surface area contributed by atoms with Gasteiger partial charge in [0, 0.05) is 13.6 Å². The molecule has 3 aromatic rings. The maximum absolute atomic E-state index is 13.4. The minimum Gasteiger partial charge on any atom is -0.381 e. The molecule has 1 N–H and O–H groups in total. The summed E-state index contributed by atoms with van der Waals surface area (Å²) in [6.07, 6.45) is 1.47. The van der Waals surface area contributed by atoms with Gasteiger partial charge in [-0.05, 0) is 12.1 Å². The Kier molecular flexibility index (Phi) is 3.35. The summed E-state index contributed by atoms with van der Waals surface area (Å²) < 4.78 is 16.2. The average molecular weight is 288 g/mol. The summed E-state index contributed by atoms with van der Waals surface area (Å²) >= 11 is 0. The Morgan fingerprint density at radius 3 is 2.95 bits per heavy atom. The summed E-state index contributed by atoms with van der Waals surface area (Å²) in [6.45, 7) is 0.645. The first kappa shape index (κ1) is 13.2. The number of anilines is 1. The molecule has 21 heavy (non-hydrogen) atoms. The molecule has 1 aromatic carbocycles. The van der Waals surface area contributed by atoms with E-state index in [1.165, 1.54) is 21.6 Å². The number of aryl methyl sites for hydroxylation is 1. The fourth-order valence-electron chi connectivity index (χ4n) is 2.02. The molecule has 0 fully saturated rings. The Morgan fingerprint density at radius 1 is 1.33 bits per heavy atom. The zero-order chi connectivity index (χ0) is 14.8. The third kappa shape index (κ3) is 2.47. The molecule has 0 aliphatic rings. The van der Waals surface area contributed by atoms with Crippen molar-refractivity contribution < 1.29 is 4.39 Å². The third-order valence-corrected chi connectivity index (χ3v) is 3.13. The molecule has 0 bridgehead atoms. The van der Waals surface area contributed by atoms with Gasteiger partial charge in [0.25, 0.3) is 5.56 Å². The fourth-order valence-corrected chi connectivity index (χ4v) is 2.02. The number of nitrogens with one attached hydrogen (secondary N) is 1. The van der Waals surface area contributed by atoms with Crippen LogP contribution >= 0.6 is 0 Å². The van der Waals surface area contributed by atoms with Gasteiger partial charge in [0.2, 0.25) is 0 Å². The molecule has 0 saturated carbocycles. The molecular weight excluding hydrogens is 275 g/mol. The summed E-state index contributed by atoms with van der Waals surface area (Å²) in [5, 5.41) is 15.1. The molecule has 0 spiro atoms. The van der Waals surface area contributed by atoms with Crippen molar-refractivity contribution in [1.82, 2.24) is 24.8 Å². The van der Waals surface area contributed by atoms with Gasteiger partial charge in [-0.15, -0.1) is 5.10 Å². The lowest BCUT2D eigenvalue weighted by atomic mass is 10.3. The number of nitrogens with zero attached hydrogens (tertiary/aromatic N) is 5. The Hall–Kier alpha value is -2.77. The first-order chi connectivity index (χ1) is 10.2. The number of aromatic nitrogens is 5. The van der Waals surface area contributed by atoms with Crippen molar-refractivity contribution in [3.8, 4) is 0 Å². The highest BCUT2D eigenvalue weighted by atomic mass is 19.1. The number of benzene rings is 1. The second-order valence-corrected chi connectivity index (χ2v) is 4.53. The van der Waals surface area contributed by atoms with Crippen LogP contribution in [-0.4, -0.2) is 31.3 Å². The van der Waals surface area contributed by atoms with E-state index in [1.807, 2.05) is 0 Å². The van der Waals surface area contributed by atoms with Crippen LogP contribution in [0.15, 0.2) is 35.3 Å². The van der Waals surface area contributed by atoms with Crippen LogP contribution in [-0.2, 0) is 13.6 Å². The van der Waals surface area contributed by atoms with Gasteiger partial charge in [-0.25, -0.2) is 13.8 Å². The summed E-state index contributed by atoms with van der Waals surface area (Å²) in [5.74, 6) is -0.335. The number of para-hydroxylation sites is 1. The van der Waals surface area contributed by atoms with Crippen LogP contribution in [0.5, 0.6) is 0 Å². The van der Waals surface area contributed by atoms with Crippen LogP contribution in [0.4, 0.5) is 10.1 Å². The molecule has 0 amide bonds. The predicted molar refractivity (Wildman–Crippen MR) is 75.5 cm³/mol. The average Bonchev–Trinajstić information content (AvgIpc) is 2.86. The molecule has 0 atom stereocenters. The first-order valence-corrected chi connectivity index (χ1v) is 6.41. The van der Waals surface area contributed by atoms with Gasteiger partial charge in [-0.1, -0.05) is 17.3 Å². The summed E-state index contributed by atoms with van der Waals surface area (Å²) in [7, 11) is 1.69. The Bertz CT molecular complexity index is 840. The van der Waals surface area contributed by atoms with Crippen molar-refractivity contribution in [3.05, 3.63) is 46.6 Å². The second-order valence-electron chi connectivity index (χ2n) is 4.53. The quantitative estimate of drug-likeness (QED) is 0.767. The Labute approximate surface area is 119 Å². The lowest BCUT2D eigenvalue weighted by Gasteiger charge is -2.07. The standard InChI is InChI=1S/C13H13FN6O/c1-19-12-9(8-16-19)13(21)20(18-17-12)7-6-15-11-5-3-2-4-10(11)14/h2-5,8,15H,6-7H2,1H3. The predicted octanol–water partition coefficient (Wildman–Crippen LogP) is 0.776. The lowest BCUT2D eigenvalue weighted by molar-refractivity contribution is 0.560. The minimum absolute atomic E-state index is 0.261. The molecule has 0 saturated heterocycles. The highest BCUT2D eigenvalue weighted by Crippen LogP contribution is 2.11. The van der Waals surface area contributed by atoms with Crippen molar-refractivity contribution in [3.63, 3.8) is 0 Å². The molecule has 0 aliphatic carbocycles. The van der Waals surface area contributed by atoms with Crippen molar-refractivity contribution in [2.24, 2.45) is 7.05 Å². The van der Waals surface area contributed by atoms with Crippen molar-refractivity contribution in [1.29, 1.82) is 0 Å². The molecule has 2 aromatic heterocycles. The number of halogens is 1. The van der Waals surface area contributed by atoms with E-state index in [9.17, 15) is 9.18 Å². The fraction of sp³-hybridized carbons (Fsp3) is 0.231. The van der Waals surface area contributed by atoms with Crippen LogP contribution < -0.4 is 10.9 Å². The van der Waals surface area contributed by atoms with Crippen LogP contribution in [0.1, 0.15) is 0 Å². The molecule has 2 heterocycles.